The van der Waals surface area contributed by atoms with Gasteiger partial charge in [0.2, 0.25) is 0 Å². The molecule has 0 saturated carbocycles. The van der Waals surface area contributed by atoms with Crippen LogP contribution in [0.3, 0.4) is 0 Å². The number of nitrogens with two attached hydrogens (primary N) is 1. The van der Waals surface area contributed by atoms with Gasteiger partial charge in [0.1, 0.15) is 0 Å². The van der Waals surface area contributed by atoms with E-state index >= 15 is 0 Å². The van der Waals surface area contributed by atoms with Crippen LogP contribution in [0, 0.1) is 5.41 Å². The zero-order chi connectivity index (χ0) is 9.19. The maximum absolute atomic E-state index is 5.49. The van der Waals surface area contributed by atoms with Crippen LogP contribution < -0.4 is 5.73 Å². The highest BCUT2D eigenvalue weighted by Crippen LogP contribution is 2.32. The van der Waals surface area contributed by atoms with Gasteiger partial charge in [-0.25, -0.2) is 0 Å². The van der Waals surface area contributed by atoms with E-state index in [-0.39, 0.29) is 0 Å². The molecule has 0 aliphatic carbocycles. The van der Waals surface area contributed by atoms with Crippen molar-refractivity contribution in [1.29, 1.82) is 0 Å². The standard InChI is InChI=1S/C9H18N2S/c1-3-9(2)4-5-11(7-9)6-8(10)12/h3-7H2,1-2H3,(H2,10,12). The lowest BCUT2D eigenvalue weighted by molar-refractivity contribution is 0.290. The van der Waals surface area contributed by atoms with Crippen molar-refractivity contribution in [3.63, 3.8) is 0 Å². The SMILES string of the molecule is CCC1(C)CCN(CC(N)=S)C1. The molecule has 3 heteroatoms. The van der Waals surface area contributed by atoms with Gasteiger partial charge >= 0.3 is 0 Å². The first kappa shape index (κ1) is 9.93. The molecule has 2 N–H and O–H groups in total. The van der Waals surface area contributed by atoms with Crippen molar-refractivity contribution in [3.05, 3.63) is 0 Å². The molecule has 0 aromatic rings. The van der Waals surface area contributed by atoms with Crippen molar-refractivity contribution in [2.75, 3.05) is 19.6 Å². The number of nitrogens with zero attached hydrogens (tertiary/aromatic N) is 1. The van der Waals surface area contributed by atoms with E-state index in [0.29, 0.717) is 10.4 Å². The minimum absolute atomic E-state index is 0.505. The largest absolute Gasteiger partial charge is 0.392 e. The lowest BCUT2D eigenvalue weighted by atomic mass is 9.87. The van der Waals surface area contributed by atoms with Crippen LogP contribution in [-0.4, -0.2) is 29.5 Å². The van der Waals surface area contributed by atoms with Crippen LogP contribution in [0.1, 0.15) is 26.7 Å². The third-order valence-electron chi connectivity index (χ3n) is 2.87. The number of hydrogen-bond acceptors (Lipinski definition) is 2. The molecule has 1 heterocycles. The number of thiocarbonyl (C=S) groups is 1. The molecule has 2 nitrogen and oxygen atoms in total. The Bertz CT molecular complexity index is 181. The first-order valence-corrected chi connectivity index (χ1v) is 4.97. The van der Waals surface area contributed by atoms with Gasteiger partial charge in [0, 0.05) is 13.1 Å². The van der Waals surface area contributed by atoms with Crippen LogP contribution in [0.15, 0.2) is 0 Å². The molecule has 12 heavy (non-hydrogen) atoms. The van der Waals surface area contributed by atoms with Crippen LogP contribution in [-0.2, 0) is 0 Å². The van der Waals surface area contributed by atoms with Gasteiger partial charge in [-0.15, -0.1) is 0 Å². The fourth-order valence-electron chi connectivity index (χ4n) is 1.77. The fraction of sp³-hybridized carbons (Fsp3) is 0.889. The Labute approximate surface area is 80.1 Å². The predicted molar refractivity (Wildman–Crippen MR) is 56.2 cm³/mol. The minimum atomic E-state index is 0.505. The van der Waals surface area contributed by atoms with E-state index in [1.165, 1.54) is 12.8 Å². The Balaban J connectivity index is 2.40. The van der Waals surface area contributed by atoms with Gasteiger partial charge in [-0.3, -0.25) is 4.90 Å². The normalized spacial score (nSPS) is 30.8. The van der Waals surface area contributed by atoms with E-state index in [4.69, 9.17) is 18.0 Å². The Morgan fingerprint density at radius 2 is 2.33 bits per heavy atom. The molecule has 1 unspecified atom stereocenters. The van der Waals surface area contributed by atoms with Gasteiger partial charge in [-0.05, 0) is 24.8 Å². The molecule has 1 saturated heterocycles. The van der Waals surface area contributed by atoms with E-state index in [9.17, 15) is 0 Å². The fourth-order valence-corrected chi connectivity index (χ4v) is 1.95. The molecule has 1 aliphatic rings. The number of rotatable bonds is 3. The molecule has 1 fully saturated rings. The van der Waals surface area contributed by atoms with Crippen molar-refractivity contribution in [1.82, 2.24) is 4.90 Å². The van der Waals surface area contributed by atoms with E-state index in [0.717, 1.165) is 19.6 Å². The quantitative estimate of drug-likeness (QED) is 0.675. The van der Waals surface area contributed by atoms with Gasteiger partial charge in [0.25, 0.3) is 0 Å². The van der Waals surface area contributed by atoms with Gasteiger partial charge in [0.05, 0.1) is 4.99 Å². The Hall–Kier alpha value is -0.150. The Morgan fingerprint density at radius 1 is 1.67 bits per heavy atom. The molecule has 70 valence electrons. The molecule has 0 amide bonds. The number of hydrogen-bond donors (Lipinski definition) is 1. The zero-order valence-electron chi connectivity index (χ0n) is 7.97. The van der Waals surface area contributed by atoms with Crippen LogP contribution in [0.2, 0.25) is 0 Å². The van der Waals surface area contributed by atoms with Crippen molar-refractivity contribution in [2.45, 2.75) is 26.7 Å². The lowest BCUT2D eigenvalue weighted by Gasteiger charge is -2.22. The molecule has 1 atom stereocenters. The van der Waals surface area contributed by atoms with Gasteiger partial charge < -0.3 is 5.73 Å². The summed E-state index contributed by atoms with van der Waals surface area (Å²) in [5.41, 5.74) is 6.00. The average Bonchev–Trinajstić information content (AvgIpc) is 2.32. The smallest absolute Gasteiger partial charge is 0.0870 e. The summed E-state index contributed by atoms with van der Waals surface area (Å²) in [4.78, 5) is 2.97. The van der Waals surface area contributed by atoms with E-state index in [1.54, 1.807) is 0 Å². The summed E-state index contributed by atoms with van der Waals surface area (Å²) in [6.45, 7) is 7.70. The van der Waals surface area contributed by atoms with Crippen molar-refractivity contribution in [2.24, 2.45) is 11.1 Å². The first-order valence-electron chi connectivity index (χ1n) is 4.56. The molecular formula is C9H18N2S. The number of likely N-dealkylation sites (tertiary alicyclic amines) is 1. The van der Waals surface area contributed by atoms with Crippen molar-refractivity contribution >= 4 is 17.2 Å². The highest BCUT2D eigenvalue weighted by atomic mass is 32.1. The lowest BCUT2D eigenvalue weighted by Crippen LogP contribution is -2.32. The molecule has 0 radical (unpaired) electrons. The molecule has 1 rings (SSSR count). The Morgan fingerprint density at radius 3 is 2.75 bits per heavy atom. The topological polar surface area (TPSA) is 29.3 Å². The van der Waals surface area contributed by atoms with Crippen LogP contribution in [0.25, 0.3) is 0 Å². The first-order chi connectivity index (χ1) is 5.56. The van der Waals surface area contributed by atoms with Crippen LogP contribution in [0.5, 0.6) is 0 Å². The maximum atomic E-state index is 5.49. The second-order valence-corrected chi connectivity index (χ2v) is 4.62. The summed E-state index contributed by atoms with van der Waals surface area (Å²) in [6.07, 6.45) is 2.53. The summed E-state index contributed by atoms with van der Waals surface area (Å²) in [7, 11) is 0. The molecule has 0 bridgehead atoms. The Kier molecular flexibility index (Phi) is 3.07. The highest BCUT2D eigenvalue weighted by Gasteiger charge is 2.31. The van der Waals surface area contributed by atoms with Crippen LogP contribution in [0.4, 0.5) is 0 Å². The molecule has 0 aromatic carbocycles. The molecule has 1 aliphatic heterocycles. The third-order valence-corrected chi connectivity index (χ3v) is 3.00. The molecule has 0 spiro atoms. The van der Waals surface area contributed by atoms with Crippen molar-refractivity contribution < 1.29 is 0 Å². The monoisotopic (exact) mass is 186 g/mol. The van der Waals surface area contributed by atoms with E-state index in [1.807, 2.05) is 0 Å². The summed E-state index contributed by atoms with van der Waals surface area (Å²) in [5.74, 6) is 0. The maximum Gasteiger partial charge on any atom is 0.0870 e. The summed E-state index contributed by atoms with van der Waals surface area (Å²) >= 11 is 4.88. The van der Waals surface area contributed by atoms with Crippen molar-refractivity contribution in [3.8, 4) is 0 Å². The van der Waals surface area contributed by atoms with Gasteiger partial charge in [0.15, 0.2) is 0 Å². The zero-order valence-corrected chi connectivity index (χ0v) is 8.78. The second kappa shape index (κ2) is 3.71. The minimum Gasteiger partial charge on any atom is -0.392 e. The van der Waals surface area contributed by atoms with E-state index in [2.05, 4.69) is 18.7 Å². The summed E-state index contributed by atoms with van der Waals surface area (Å²) in [5, 5.41) is 0. The molecule has 0 aromatic heterocycles. The van der Waals surface area contributed by atoms with E-state index < -0.39 is 0 Å². The van der Waals surface area contributed by atoms with Gasteiger partial charge in [-0.1, -0.05) is 26.1 Å². The third kappa shape index (κ3) is 2.42. The summed E-state index contributed by atoms with van der Waals surface area (Å²) in [6, 6.07) is 0. The van der Waals surface area contributed by atoms with Crippen LogP contribution >= 0.6 is 12.2 Å². The van der Waals surface area contributed by atoms with Gasteiger partial charge in [-0.2, -0.15) is 0 Å². The predicted octanol–water partition coefficient (Wildman–Crippen LogP) is 1.39. The summed E-state index contributed by atoms with van der Waals surface area (Å²) < 4.78 is 0. The highest BCUT2D eigenvalue weighted by molar-refractivity contribution is 7.80. The molecular weight excluding hydrogens is 168 g/mol. The second-order valence-electron chi connectivity index (χ2n) is 4.09. The average molecular weight is 186 g/mol.